The second-order valence-electron chi connectivity index (χ2n) is 12.4. The lowest BCUT2D eigenvalue weighted by Gasteiger charge is -2.44. The molecule has 0 unspecified atom stereocenters. The number of halogens is 1. The van der Waals surface area contributed by atoms with Gasteiger partial charge in [-0.15, -0.1) is 24.8 Å². The molecule has 0 aromatic heterocycles. The zero-order valence-electron chi connectivity index (χ0n) is 28.7. The summed E-state index contributed by atoms with van der Waals surface area (Å²) in [5.74, 6) is 5.20. The summed E-state index contributed by atoms with van der Waals surface area (Å²) in [7, 11) is -8.22. The maximum atomic E-state index is 16.4. The summed E-state index contributed by atoms with van der Waals surface area (Å²) in [6, 6.07) is 0. The van der Waals surface area contributed by atoms with Gasteiger partial charge in [0.15, 0.2) is 0 Å². The molecule has 41 heavy (non-hydrogen) atoms. The molecular weight excluding hydrogens is 570 g/mol. The maximum absolute atomic E-state index is 16.4. The van der Waals surface area contributed by atoms with Crippen molar-refractivity contribution in [2.45, 2.75) is 183 Å². The molecule has 0 bridgehead atoms. The lowest BCUT2D eigenvalue weighted by Crippen LogP contribution is -2.20. The summed E-state index contributed by atoms with van der Waals surface area (Å²) in [4.78, 5) is 0. The van der Waals surface area contributed by atoms with Crippen LogP contribution < -0.4 is 0 Å². The van der Waals surface area contributed by atoms with Crippen molar-refractivity contribution < 1.29 is 16.7 Å². The maximum Gasteiger partial charge on any atom is 0.532 e. The van der Waals surface area contributed by atoms with Crippen molar-refractivity contribution in [1.29, 1.82) is 0 Å². The molecule has 0 aliphatic rings. The number of hydrogen-bond donors (Lipinski definition) is 0. The molecule has 252 valence electrons. The van der Waals surface area contributed by atoms with E-state index in [1.54, 1.807) is 0 Å². The van der Waals surface area contributed by atoms with Crippen LogP contribution in [0.3, 0.4) is 0 Å². The molecule has 0 heterocycles. The normalized spacial score (nSPS) is 13.6. The Balaban J connectivity index is 5.69. The highest BCUT2D eigenvalue weighted by atomic mass is 32.3. The van der Waals surface area contributed by atoms with Crippen LogP contribution in [0, 0.1) is 0 Å². The number of rotatable bonds is 32. The third-order valence-corrected chi connectivity index (χ3v) is 18.4. The lowest BCUT2D eigenvalue weighted by molar-refractivity contribution is 0.363. The van der Waals surface area contributed by atoms with E-state index < -0.39 is 28.5 Å². The van der Waals surface area contributed by atoms with Crippen molar-refractivity contribution >= 4 is 28.5 Å². The molecule has 3 nitrogen and oxygen atoms in total. The number of unbranched alkanes of at least 4 members (excludes halogenated alkanes) is 16. The minimum absolute atomic E-state index is 0.862. The van der Waals surface area contributed by atoms with Gasteiger partial charge >= 0.3 is 7.91 Å². The first-order valence-electron chi connectivity index (χ1n) is 18.0. The Kier molecular flexibility index (Phi) is 27.6. The van der Waals surface area contributed by atoms with E-state index in [-0.39, 0.29) is 0 Å². The van der Waals surface area contributed by atoms with Crippen LogP contribution in [-0.4, -0.2) is 34.5 Å². The predicted octanol–water partition coefficient (Wildman–Crippen LogP) is 14.2. The van der Waals surface area contributed by atoms with E-state index in [1.165, 1.54) is 64.2 Å². The molecule has 0 fully saturated rings. The Morgan fingerprint density at radius 2 is 0.610 bits per heavy atom. The number of hydrogen-bond acceptors (Lipinski definition) is 3. The second kappa shape index (κ2) is 27.1. The monoisotopic (exact) mass is 644 g/mol. The minimum Gasteiger partial charge on any atom is -0.233 e. The van der Waals surface area contributed by atoms with Gasteiger partial charge in [0.05, 0.1) is 0 Å². The van der Waals surface area contributed by atoms with E-state index in [9.17, 15) is 4.57 Å². The summed E-state index contributed by atoms with van der Waals surface area (Å²) >= 11 is 0. The van der Waals surface area contributed by atoms with Crippen molar-refractivity contribution in [1.82, 2.24) is 0 Å². The minimum atomic E-state index is -4.66. The molecule has 0 rings (SSSR count). The van der Waals surface area contributed by atoms with Gasteiger partial charge in [-0.3, -0.25) is 0 Å². The Morgan fingerprint density at radius 1 is 0.390 bits per heavy atom. The van der Waals surface area contributed by atoms with E-state index in [0.29, 0.717) is 0 Å². The van der Waals surface area contributed by atoms with Crippen LogP contribution in [0.1, 0.15) is 183 Å². The van der Waals surface area contributed by atoms with Crippen molar-refractivity contribution in [2.24, 2.45) is 0 Å². The van der Waals surface area contributed by atoms with Gasteiger partial charge in [0.1, 0.15) is 0 Å². The molecule has 0 aliphatic heterocycles. The first kappa shape index (κ1) is 41.8. The molecule has 0 aliphatic carbocycles. The largest absolute Gasteiger partial charge is 0.532 e. The van der Waals surface area contributed by atoms with E-state index in [1.807, 2.05) is 0 Å². The molecule has 0 saturated carbocycles. The molecule has 0 spiro atoms. The molecule has 0 atom stereocenters. The van der Waals surface area contributed by atoms with Crippen molar-refractivity contribution in [2.75, 3.05) is 34.5 Å². The fraction of sp³-hybridized carbons (Fsp3) is 1.00. The van der Waals surface area contributed by atoms with Gasteiger partial charge in [-0.25, -0.2) is 12.5 Å². The summed E-state index contributed by atoms with van der Waals surface area (Å²) in [5, 5.41) is 0. The second-order valence-corrected chi connectivity index (χ2v) is 20.8. The van der Waals surface area contributed by atoms with Crippen molar-refractivity contribution in [3.8, 4) is 0 Å². The van der Waals surface area contributed by atoms with Crippen molar-refractivity contribution in [3.63, 3.8) is 0 Å². The summed E-state index contributed by atoms with van der Waals surface area (Å²) in [6.07, 6.45) is 25.5. The highest BCUT2D eigenvalue weighted by Gasteiger charge is 2.41. The molecule has 0 radical (unpaired) electrons. The topological polar surface area (TPSA) is 35.5 Å². The van der Waals surface area contributed by atoms with Crippen LogP contribution in [0.15, 0.2) is 0 Å². The van der Waals surface area contributed by atoms with Crippen molar-refractivity contribution in [3.05, 3.63) is 0 Å². The van der Waals surface area contributed by atoms with Gasteiger partial charge < -0.3 is 0 Å². The van der Waals surface area contributed by atoms with Gasteiger partial charge in [0, 0.05) is 0 Å². The first-order chi connectivity index (χ1) is 19.8. The molecule has 7 heteroatoms. The fourth-order valence-corrected chi connectivity index (χ4v) is 16.6. The van der Waals surface area contributed by atoms with Crippen LogP contribution in [0.4, 0.5) is 4.20 Å². The Hall–Kier alpha value is 0.780. The van der Waals surface area contributed by atoms with E-state index in [0.717, 1.165) is 112 Å². The smallest absolute Gasteiger partial charge is 0.233 e. The molecule has 0 saturated heterocycles. The van der Waals surface area contributed by atoms with Crippen LogP contribution in [-0.2, 0) is 12.5 Å². The van der Waals surface area contributed by atoms with Gasteiger partial charge in [0.2, 0.25) is 0 Å². The molecule has 0 N–H and O–H groups in total. The van der Waals surface area contributed by atoms with Gasteiger partial charge in [-0.1, -0.05) is 144 Å². The highest BCUT2D eigenvalue weighted by Crippen LogP contribution is 2.73. The zero-order chi connectivity index (χ0) is 30.7. The van der Waals surface area contributed by atoms with E-state index in [2.05, 4.69) is 41.5 Å². The SMILES string of the molecule is CCCCCCCCCS(CCCC)(CCCC)OP(=O)(F)OS(CCCC)(CCCC)CCCCCCCCC. The summed E-state index contributed by atoms with van der Waals surface area (Å²) in [5.41, 5.74) is 0. The molecule has 0 aromatic rings. The molecule has 0 amide bonds. The summed E-state index contributed by atoms with van der Waals surface area (Å²) in [6.45, 7) is 13.3. The van der Waals surface area contributed by atoms with Crippen LogP contribution in [0.25, 0.3) is 0 Å². The standard InChI is InChI=1S/C34H74FO3PS2/c1-7-13-19-21-23-25-27-33-40(29-15-9-3,30-16-10-4)37-39(35,36)38-41(31-17-11-5,32-18-12-6)34-28-26-24-22-20-14-8-2/h7-34H2,1-6H3. The highest BCUT2D eigenvalue weighted by molar-refractivity contribution is 8.33. The lowest BCUT2D eigenvalue weighted by atomic mass is 10.1. The van der Waals surface area contributed by atoms with E-state index >= 15 is 4.20 Å². The predicted molar refractivity (Wildman–Crippen MR) is 191 cm³/mol. The quantitative estimate of drug-likeness (QED) is 0.0540. The average molecular weight is 645 g/mol. The molecule has 0 aromatic carbocycles. The first-order valence-corrected chi connectivity index (χ1v) is 23.6. The average Bonchev–Trinajstić information content (AvgIpc) is 2.95. The van der Waals surface area contributed by atoms with Crippen LogP contribution in [0.2, 0.25) is 0 Å². The van der Waals surface area contributed by atoms with E-state index in [4.69, 9.17) is 7.94 Å². The Bertz CT molecular complexity index is 559. The van der Waals surface area contributed by atoms with Crippen LogP contribution >= 0.6 is 28.5 Å². The molecular formula is C34H74FO3PS2. The van der Waals surface area contributed by atoms with Gasteiger partial charge in [0.25, 0.3) is 0 Å². The summed E-state index contributed by atoms with van der Waals surface area (Å²) < 4.78 is 42.9. The van der Waals surface area contributed by atoms with Gasteiger partial charge in [-0.2, -0.15) is 0 Å². The zero-order valence-corrected chi connectivity index (χ0v) is 31.2. The van der Waals surface area contributed by atoms with Gasteiger partial charge in [-0.05, 0) is 73.0 Å². The third-order valence-electron chi connectivity index (χ3n) is 8.21. The third kappa shape index (κ3) is 22.0. The fourth-order valence-electron chi connectivity index (χ4n) is 5.50. The Labute approximate surface area is 261 Å². The van der Waals surface area contributed by atoms with Crippen LogP contribution in [0.5, 0.6) is 0 Å². The Morgan fingerprint density at radius 3 is 0.878 bits per heavy atom.